The van der Waals surface area contributed by atoms with Crippen LogP contribution < -0.4 is 0 Å². The summed E-state index contributed by atoms with van der Waals surface area (Å²) in [4.78, 5) is 23.7. The number of hydrogen-bond donors (Lipinski definition) is 0. The number of hydrogen-bond acceptors (Lipinski definition) is 2. The zero-order chi connectivity index (χ0) is 29.7. The summed E-state index contributed by atoms with van der Waals surface area (Å²) in [7, 11) is 0. The van der Waals surface area contributed by atoms with E-state index in [4.69, 9.17) is 4.99 Å². The van der Waals surface area contributed by atoms with Crippen LogP contribution in [-0.4, -0.2) is 40.9 Å². The van der Waals surface area contributed by atoms with Crippen molar-refractivity contribution in [3.05, 3.63) is 106 Å². The zero-order valence-electron chi connectivity index (χ0n) is 24.6. The van der Waals surface area contributed by atoms with Gasteiger partial charge < -0.3 is 4.90 Å². The molecular weight excluding hydrogens is 523 g/mol. The number of urea groups is 1. The van der Waals surface area contributed by atoms with Crippen LogP contribution in [0.2, 0.25) is 0 Å². The second-order valence-corrected chi connectivity index (χ2v) is 11.3. The number of piperidine rings is 1. The molecule has 41 heavy (non-hydrogen) atoms. The summed E-state index contributed by atoms with van der Waals surface area (Å²) in [5, 5.41) is 0. The topological polar surface area (TPSA) is 35.9 Å². The zero-order valence-corrected chi connectivity index (χ0v) is 24.6. The summed E-state index contributed by atoms with van der Waals surface area (Å²) >= 11 is 0. The highest BCUT2D eigenvalue weighted by Gasteiger charge is 2.44. The first-order chi connectivity index (χ1) is 19.5. The molecule has 2 heterocycles. The number of carbonyl (C=O) groups excluding carboxylic acids is 1. The molecule has 218 valence electrons. The molecule has 0 saturated carbocycles. The van der Waals surface area contributed by atoms with Gasteiger partial charge in [0.25, 0.3) is 0 Å². The van der Waals surface area contributed by atoms with Crippen LogP contribution in [0.4, 0.5) is 18.0 Å². The SMILES string of the molecule is CC(F)(F)F.CCC1CCN(C(=O)N2C(c3ccccc3C)=NC(c3ccc(C)cc3)C2c2ccc(C)cc2)CC1. The Kier molecular flexibility index (Phi) is 9.57. The van der Waals surface area contributed by atoms with Gasteiger partial charge in [0, 0.05) is 25.6 Å². The minimum Gasteiger partial charge on any atom is -0.324 e. The summed E-state index contributed by atoms with van der Waals surface area (Å²) in [6.07, 6.45) is -0.670. The smallest absolute Gasteiger partial charge is 0.324 e. The molecule has 2 amide bonds. The van der Waals surface area contributed by atoms with Gasteiger partial charge in [0.2, 0.25) is 0 Å². The number of halogens is 3. The van der Waals surface area contributed by atoms with Gasteiger partial charge in [0.1, 0.15) is 11.9 Å². The number of amidine groups is 1. The van der Waals surface area contributed by atoms with E-state index in [1.54, 1.807) is 0 Å². The second kappa shape index (κ2) is 12.9. The summed E-state index contributed by atoms with van der Waals surface area (Å²) in [6.45, 7) is 10.4. The fourth-order valence-corrected chi connectivity index (χ4v) is 5.57. The number of likely N-dealkylation sites (tertiary alicyclic amines) is 1. The van der Waals surface area contributed by atoms with E-state index in [1.807, 2.05) is 17.0 Å². The van der Waals surface area contributed by atoms with Crippen LogP contribution in [0.25, 0.3) is 0 Å². The largest absolute Gasteiger partial charge is 0.386 e. The highest BCUT2D eigenvalue weighted by Crippen LogP contribution is 2.44. The number of amides is 2. The Hall–Kier alpha value is -3.61. The van der Waals surface area contributed by atoms with Crippen LogP contribution in [0.3, 0.4) is 0 Å². The third-order valence-corrected chi connectivity index (χ3v) is 7.96. The average molecular weight is 564 g/mol. The molecule has 0 radical (unpaired) electrons. The molecule has 7 heteroatoms. The maximum absolute atomic E-state index is 14.3. The van der Waals surface area contributed by atoms with Crippen molar-refractivity contribution in [2.75, 3.05) is 13.1 Å². The van der Waals surface area contributed by atoms with Crippen molar-refractivity contribution < 1.29 is 18.0 Å². The van der Waals surface area contributed by atoms with E-state index < -0.39 is 6.18 Å². The maximum Gasteiger partial charge on any atom is 0.386 e. The Morgan fingerprint density at radius 2 is 1.37 bits per heavy atom. The monoisotopic (exact) mass is 563 g/mol. The summed E-state index contributed by atoms with van der Waals surface area (Å²) < 4.78 is 31.1. The van der Waals surface area contributed by atoms with E-state index in [2.05, 4.69) is 93.3 Å². The lowest BCUT2D eigenvalue weighted by atomic mass is 9.92. The van der Waals surface area contributed by atoms with Gasteiger partial charge in [-0.15, -0.1) is 0 Å². The number of benzene rings is 3. The van der Waals surface area contributed by atoms with Crippen LogP contribution in [0, 0.1) is 26.7 Å². The lowest BCUT2D eigenvalue weighted by molar-refractivity contribution is -0.110. The highest BCUT2D eigenvalue weighted by molar-refractivity contribution is 6.10. The first kappa shape index (κ1) is 30.4. The molecule has 2 atom stereocenters. The molecule has 3 aromatic rings. The average Bonchev–Trinajstić information content (AvgIpc) is 3.33. The Morgan fingerprint density at radius 1 is 0.854 bits per heavy atom. The Bertz CT molecular complexity index is 1330. The fourth-order valence-electron chi connectivity index (χ4n) is 5.57. The molecule has 0 aromatic heterocycles. The van der Waals surface area contributed by atoms with Gasteiger partial charge in [0.15, 0.2) is 0 Å². The summed E-state index contributed by atoms with van der Waals surface area (Å²) in [6, 6.07) is 25.2. The minimum absolute atomic E-state index is 0.0757. The molecule has 0 spiro atoms. The van der Waals surface area contributed by atoms with Gasteiger partial charge in [0.05, 0.1) is 6.04 Å². The third-order valence-electron chi connectivity index (χ3n) is 7.96. The van der Waals surface area contributed by atoms with Crippen LogP contribution >= 0.6 is 0 Å². The Morgan fingerprint density at radius 3 is 1.88 bits per heavy atom. The molecule has 1 saturated heterocycles. The minimum atomic E-state index is -4.00. The first-order valence-electron chi connectivity index (χ1n) is 14.4. The molecule has 5 rings (SSSR count). The number of aliphatic imine (C=N–C) groups is 1. The van der Waals surface area contributed by atoms with Crippen molar-refractivity contribution >= 4 is 11.9 Å². The van der Waals surface area contributed by atoms with E-state index >= 15 is 0 Å². The first-order valence-corrected chi connectivity index (χ1v) is 14.4. The molecule has 1 fully saturated rings. The van der Waals surface area contributed by atoms with Crippen LogP contribution in [0.1, 0.15) is 78.6 Å². The molecule has 2 unspecified atom stereocenters. The van der Waals surface area contributed by atoms with Gasteiger partial charge >= 0.3 is 12.2 Å². The second-order valence-electron chi connectivity index (χ2n) is 11.3. The lowest BCUT2D eigenvalue weighted by Gasteiger charge is -2.37. The van der Waals surface area contributed by atoms with Crippen molar-refractivity contribution in [3.8, 4) is 0 Å². The van der Waals surface area contributed by atoms with Crippen molar-refractivity contribution in [2.24, 2.45) is 10.9 Å². The Balaban J connectivity index is 0.000000714. The van der Waals surface area contributed by atoms with Gasteiger partial charge in [-0.2, -0.15) is 13.2 Å². The van der Waals surface area contributed by atoms with Gasteiger partial charge in [-0.05, 0) is 56.2 Å². The van der Waals surface area contributed by atoms with Gasteiger partial charge in [-0.3, -0.25) is 9.89 Å². The quantitative estimate of drug-likeness (QED) is 0.312. The van der Waals surface area contributed by atoms with Gasteiger partial charge in [-0.1, -0.05) is 97.3 Å². The molecule has 4 nitrogen and oxygen atoms in total. The van der Waals surface area contributed by atoms with Crippen LogP contribution in [0.15, 0.2) is 77.8 Å². The van der Waals surface area contributed by atoms with Crippen molar-refractivity contribution in [2.45, 2.75) is 72.1 Å². The third kappa shape index (κ3) is 7.57. The maximum atomic E-state index is 14.3. The molecule has 0 N–H and O–H groups in total. The fraction of sp³-hybridized carbons (Fsp3) is 0.412. The molecule has 2 aliphatic rings. The molecule has 3 aromatic carbocycles. The predicted molar refractivity (Wildman–Crippen MR) is 159 cm³/mol. The van der Waals surface area contributed by atoms with E-state index in [9.17, 15) is 18.0 Å². The van der Waals surface area contributed by atoms with E-state index in [-0.39, 0.29) is 25.0 Å². The number of carbonyl (C=O) groups is 1. The van der Waals surface area contributed by atoms with Crippen LogP contribution in [0.5, 0.6) is 0 Å². The van der Waals surface area contributed by atoms with Crippen LogP contribution in [-0.2, 0) is 0 Å². The number of alkyl halides is 3. The van der Waals surface area contributed by atoms with Crippen molar-refractivity contribution in [3.63, 3.8) is 0 Å². The molecule has 2 aliphatic heterocycles. The predicted octanol–water partition coefficient (Wildman–Crippen LogP) is 8.97. The lowest BCUT2D eigenvalue weighted by Crippen LogP contribution is -2.49. The Labute approximate surface area is 241 Å². The summed E-state index contributed by atoms with van der Waals surface area (Å²) in [5.74, 6) is 1.50. The van der Waals surface area contributed by atoms with Crippen molar-refractivity contribution in [1.82, 2.24) is 9.80 Å². The number of rotatable bonds is 4. The number of nitrogens with zero attached hydrogens (tertiary/aromatic N) is 3. The van der Waals surface area contributed by atoms with E-state index in [1.165, 1.54) is 17.5 Å². The standard InChI is InChI=1S/C32H37N3O.C2H3F3/c1-5-25-18-20-34(21-19-25)32(36)35-30(27-16-12-23(3)13-17-27)29(26-14-10-22(2)11-15-26)33-31(35)28-9-7-6-8-24(28)4;1-2(3,4)5/h6-17,25,29-30H,5,18-21H2,1-4H3;1H3. The van der Waals surface area contributed by atoms with E-state index in [0.717, 1.165) is 54.0 Å². The van der Waals surface area contributed by atoms with Gasteiger partial charge in [-0.25, -0.2) is 4.79 Å². The van der Waals surface area contributed by atoms with Crippen molar-refractivity contribution in [1.29, 1.82) is 0 Å². The highest BCUT2D eigenvalue weighted by atomic mass is 19.4. The molecule has 0 bridgehead atoms. The summed E-state index contributed by atoms with van der Waals surface area (Å²) in [5.41, 5.74) is 6.85. The normalized spacial score (nSPS) is 19.5. The molecular formula is C34H40F3N3O. The van der Waals surface area contributed by atoms with E-state index in [0.29, 0.717) is 5.92 Å². The number of aryl methyl sites for hydroxylation is 3. The molecule has 0 aliphatic carbocycles.